The van der Waals surface area contributed by atoms with Gasteiger partial charge < -0.3 is 4.74 Å². The molecule has 0 radical (unpaired) electrons. The average Bonchev–Trinajstić information content (AvgIpc) is 2.87. The molecular weight excluding hydrogens is 382 g/mol. The number of halogens is 1. The first-order valence-corrected chi connectivity index (χ1v) is 8.64. The van der Waals surface area contributed by atoms with Crippen LogP contribution in [0.4, 0.5) is 0 Å². The molecule has 2 aromatic carbocycles. The number of aromatic nitrogens is 3. The highest BCUT2D eigenvalue weighted by Gasteiger charge is 2.15. The van der Waals surface area contributed by atoms with E-state index in [-0.39, 0.29) is 5.69 Å². The molecule has 0 atom stereocenters. The summed E-state index contributed by atoms with van der Waals surface area (Å²) in [4.78, 5) is 17.3. The largest absolute Gasteiger partial charge is 0.497 e. The van der Waals surface area contributed by atoms with Crippen molar-refractivity contribution in [2.24, 2.45) is 7.05 Å². The fourth-order valence-corrected chi connectivity index (χ4v) is 3.47. The summed E-state index contributed by atoms with van der Waals surface area (Å²) < 4.78 is 9.61. The van der Waals surface area contributed by atoms with Crippen LogP contribution in [0.25, 0.3) is 21.9 Å². The molecule has 126 valence electrons. The first-order chi connectivity index (χ1) is 12.1. The van der Waals surface area contributed by atoms with E-state index < -0.39 is 0 Å². The predicted molar refractivity (Wildman–Crippen MR) is 102 cm³/mol. The first-order valence-electron chi connectivity index (χ1n) is 7.85. The van der Waals surface area contributed by atoms with Crippen molar-refractivity contribution < 1.29 is 4.74 Å². The van der Waals surface area contributed by atoms with Gasteiger partial charge in [0.15, 0.2) is 0 Å². The smallest absolute Gasteiger partial charge is 0.329 e. The van der Waals surface area contributed by atoms with E-state index in [0.29, 0.717) is 6.54 Å². The van der Waals surface area contributed by atoms with Gasteiger partial charge in [-0.15, -0.1) is 0 Å². The third-order valence-corrected chi connectivity index (χ3v) is 4.92. The molecule has 2 heterocycles. The summed E-state index contributed by atoms with van der Waals surface area (Å²) in [6.07, 6.45) is 1.76. The Labute approximate surface area is 152 Å². The number of fused-ring (bicyclic) bond motifs is 3. The monoisotopic (exact) mass is 397 g/mol. The van der Waals surface area contributed by atoms with E-state index in [2.05, 4.69) is 20.9 Å². The van der Waals surface area contributed by atoms with Crippen LogP contribution < -0.4 is 10.4 Å². The second-order valence-electron chi connectivity index (χ2n) is 5.93. The van der Waals surface area contributed by atoms with Crippen molar-refractivity contribution in [3.05, 3.63) is 69.2 Å². The molecular formula is C19H16BrN3O2. The molecule has 0 aliphatic heterocycles. The molecule has 0 saturated heterocycles. The Balaban J connectivity index is 1.96. The van der Waals surface area contributed by atoms with Crippen molar-refractivity contribution in [2.45, 2.75) is 6.54 Å². The molecule has 4 aromatic rings. The Morgan fingerprint density at radius 1 is 1.16 bits per heavy atom. The van der Waals surface area contributed by atoms with E-state index in [1.54, 1.807) is 29.5 Å². The minimum absolute atomic E-state index is 0.0555. The first kappa shape index (κ1) is 15.9. The molecule has 0 fully saturated rings. The van der Waals surface area contributed by atoms with E-state index in [1.165, 1.54) is 0 Å². The van der Waals surface area contributed by atoms with Crippen molar-refractivity contribution in [2.75, 3.05) is 7.11 Å². The summed E-state index contributed by atoms with van der Waals surface area (Å²) in [6.45, 7) is 0.492. The van der Waals surface area contributed by atoms with Gasteiger partial charge >= 0.3 is 5.69 Å². The standard InChI is InChI=1S/C19H16BrN3O2/c1-22-17-10-21-16-8-5-13(20)9-15(16)18(17)23(19(22)24)11-12-3-6-14(25-2)7-4-12/h3-10H,11H2,1-2H3. The van der Waals surface area contributed by atoms with Gasteiger partial charge in [-0.05, 0) is 35.9 Å². The molecule has 0 aliphatic carbocycles. The summed E-state index contributed by atoms with van der Waals surface area (Å²) in [6, 6.07) is 13.7. The molecule has 0 saturated carbocycles. The van der Waals surface area contributed by atoms with Gasteiger partial charge in [0.2, 0.25) is 0 Å². The zero-order valence-electron chi connectivity index (χ0n) is 13.9. The number of hydrogen-bond acceptors (Lipinski definition) is 3. The molecule has 0 aliphatic rings. The summed E-state index contributed by atoms with van der Waals surface area (Å²) in [5.74, 6) is 0.799. The zero-order valence-corrected chi connectivity index (χ0v) is 15.4. The number of imidazole rings is 1. The van der Waals surface area contributed by atoms with Crippen molar-refractivity contribution in [1.82, 2.24) is 14.1 Å². The number of methoxy groups -OCH3 is 1. The Bertz CT molecular complexity index is 1140. The summed E-state index contributed by atoms with van der Waals surface area (Å²) in [5, 5.41) is 0.957. The number of benzene rings is 2. The van der Waals surface area contributed by atoms with Crippen LogP contribution >= 0.6 is 15.9 Å². The van der Waals surface area contributed by atoms with Gasteiger partial charge in [0.1, 0.15) is 5.75 Å². The summed E-state index contributed by atoms with van der Waals surface area (Å²) in [5.41, 5.74) is 3.57. The van der Waals surface area contributed by atoms with Crippen LogP contribution in [0, 0.1) is 0 Å². The van der Waals surface area contributed by atoms with Gasteiger partial charge in [0, 0.05) is 16.9 Å². The molecule has 5 nitrogen and oxygen atoms in total. The normalized spacial score (nSPS) is 11.3. The Morgan fingerprint density at radius 2 is 1.92 bits per heavy atom. The van der Waals surface area contributed by atoms with Crippen LogP contribution in [0.5, 0.6) is 5.75 Å². The van der Waals surface area contributed by atoms with Crippen LogP contribution in [0.2, 0.25) is 0 Å². The molecule has 0 bridgehead atoms. The van der Waals surface area contributed by atoms with Gasteiger partial charge in [-0.3, -0.25) is 14.1 Å². The van der Waals surface area contributed by atoms with Crippen molar-refractivity contribution in [1.29, 1.82) is 0 Å². The van der Waals surface area contributed by atoms with Crippen LogP contribution in [-0.4, -0.2) is 21.2 Å². The lowest BCUT2D eigenvalue weighted by Crippen LogP contribution is -2.22. The quantitative estimate of drug-likeness (QED) is 0.529. The van der Waals surface area contributed by atoms with Gasteiger partial charge in [-0.25, -0.2) is 4.79 Å². The maximum absolute atomic E-state index is 12.8. The fraction of sp³-hybridized carbons (Fsp3) is 0.158. The summed E-state index contributed by atoms with van der Waals surface area (Å²) >= 11 is 3.51. The minimum Gasteiger partial charge on any atom is -0.497 e. The molecule has 2 aromatic heterocycles. The second kappa shape index (κ2) is 6.04. The van der Waals surface area contributed by atoms with Crippen LogP contribution in [0.1, 0.15) is 5.56 Å². The third kappa shape index (κ3) is 2.62. The number of pyridine rings is 1. The number of hydrogen-bond donors (Lipinski definition) is 0. The minimum atomic E-state index is -0.0555. The molecule has 0 unspecified atom stereocenters. The average molecular weight is 398 g/mol. The van der Waals surface area contributed by atoms with E-state index in [9.17, 15) is 4.79 Å². The lowest BCUT2D eigenvalue weighted by atomic mass is 10.1. The van der Waals surface area contributed by atoms with Crippen molar-refractivity contribution in [3.63, 3.8) is 0 Å². The van der Waals surface area contributed by atoms with Gasteiger partial charge in [0.25, 0.3) is 0 Å². The molecule has 0 amide bonds. The van der Waals surface area contributed by atoms with Crippen LogP contribution in [0.15, 0.2) is 57.9 Å². The Hall–Kier alpha value is -2.60. The van der Waals surface area contributed by atoms with E-state index in [0.717, 1.165) is 37.7 Å². The molecule has 25 heavy (non-hydrogen) atoms. The number of rotatable bonds is 3. The topological polar surface area (TPSA) is 49.0 Å². The Kier molecular flexibility index (Phi) is 3.84. The number of aryl methyl sites for hydroxylation is 1. The van der Waals surface area contributed by atoms with Crippen molar-refractivity contribution in [3.8, 4) is 5.75 Å². The number of nitrogens with zero attached hydrogens (tertiary/aromatic N) is 3. The Morgan fingerprint density at radius 3 is 2.64 bits per heavy atom. The van der Waals surface area contributed by atoms with Crippen LogP contribution in [-0.2, 0) is 13.6 Å². The van der Waals surface area contributed by atoms with Crippen molar-refractivity contribution >= 4 is 37.9 Å². The molecule has 6 heteroatoms. The van der Waals surface area contributed by atoms with Gasteiger partial charge in [-0.2, -0.15) is 0 Å². The maximum Gasteiger partial charge on any atom is 0.329 e. The SMILES string of the molecule is COc1ccc(Cn2c(=O)n(C)c3cnc4ccc(Br)cc4c32)cc1. The number of ether oxygens (including phenoxy) is 1. The van der Waals surface area contributed by atoms with E-state index in [1.807, 2.05) is 42.5 Å². The molecule has 4 rings (SSSR count). The highest BCUT2D eigenvalue weighted by Crippen LogP contribution is 2.26. The van der Waals surface area contributed by atoms with Crippen LogP contribution in [0.3, 0.4) is 0 Å². The third-order valence-electron chi connectivity index (χ3n) is 4.43. The molecule has 0 N–H and O–H groups in total. The highest BCUT2D eigenvalue weighted by atomic mass is 79.9. The lowest BCUT2D eigenvalue weighted by molar-refractivity contribution is 0.414. The second-order valence-corrected chi connectivity index (χ2v) is 6.85. The maximum atomic E-state index is 12.8. The lowest BCUT2D eigenvalue weighted by Gasteiger charge is -2.07. The van der Waals surface area contributed by atoms with Gasteiger partial charge in [-0.1, -0.05) is 28.1 Å². The van der Waals surface area contributed by atoms with E-state index >= 15 is 0 Å². The predicted octanol–water partition coefficient (Wildman–Crippen LogP) is 3.71. The summed E-state index contributed by atoms with van der Waals surface area (Å²) in [7, 11) is 3.42. The zero-order chi connectivity index (χ0) is 17.6. The van der Waals surface area contributed by atoms with Gasteiger partial charge in [0.05, 0.1) is 36.4 Å². The van der Waals surface area contributed by atoms with E-state index in [4.69, 9.17) is 4.74 Å². The fourth-order valence-electron chi connectivity index (χ4n) is 3.11. The molecule has 0 spiro atoms. The highest BCUT2D eigenvalue weighted by molar-refractivity contribution is 9.10.